The van der Waals surface area contributed by atoms with Gasteiger partial charge < -0.3 is 4.42 Å². The summed E-state index contributed by atoms with van der Waals surface area (Å²) in [7, 11) is 0. The molecule has 0 spiro atoms. The van der Waals surface area contributed by atoms with Gasteiger partial charge in [-0.3, -0.25) is 4.84 Å². The highest BCUT2D eigenvalue weighted by molar-refractivity contribution is 4.96. The van der Waals surface area contributed by atoms with Gasteiger partial charge in [0.2, 0.25) is 0 Å². The minimum absolute atomic E-state index is 0.114. The molecule has 0 radical (unpaired) electrons. The molecule has 3 nitrogen and oxygen atoms in total. The van der Waals surface area contributed by atoms with Crippen molar-refractivity contribution in [3.05, 3.63) is 24.2 Å². The van der Waals surface area contributed by atoms with Gasteiger partial charge in [-0.05, 0) is 12.1 Å². The van der Waals surface area contributed by atoms with Gasteiger partial charge in [-0.25, -0.2) is 0 Å². The summed E-state index contributed by atoms with van der Waals surface area (Å²) >= 11 is 0. The number of hydrogen-bond donors (Lipinski definition) is 1. The first-order chi connectivity index (χ1) is 6.08. The number of halogens is 3. The van der Waals surface area contributed by atoms with Crippen molar-refractivity contribution in [2.45, 2.75) is 12.7 Å². The van der Waals surface area contributed by atoms with Gasteiger partial charge in [-0.1, -0.05) is 0 Å². The zero-order chi connectivity index (χ0) is 9.73. The van der Waals surface area contributed by atoms with Crippen molar-refractivity contribution in [1.82, 2.24) is 5.48 Å². The highest BCUT2D eigenvalue weighted by Crippen LogP contribution is 2.13. The van der Waals surface area contributed by atoms with Crippen LogP contribution < -0.4 is 5.48 Å². The van der Waals surface area contributed by atoms with E-state index in [2.05, 4.69) is 10.3 Å². The van der Waals surface area contributed by atoms with Crippen molar-refractivity contribution in [2.75, 3.05) is 6.61 Å². The highest BCUT2D eigenvalue weighted by atomic mass is 19.4. The normalized spacial score (nSPS) is 11.9. The van der Waals surface area contributed by atoms with Crippen LogP contribution in [0.25, 0.3) is 0 Å². The van der Waals surface area contributed by atoms with Crippen LogP contribution in [0.1, 0.15) is 5.76 Å². The summed E-state index contributed by atoms with van der Waals surface area (Å²) in [4.78, 5) is 4.14. The number of furan rings is 1. The Morgan fingerprint density at radius 1 is 1.46 bits per heavy atom. The van der Waals surface area contributed by atoms with Crippen LogP contribution in [0.4, 0.5) is 13.2 Å². The van der Waals surface area contributed by atoms with Gasteiger partial charge in [-0.15, -0.1) is 0 Å². The van der Waals surface area contributed by atoms with Crippen molar-refractivity contribution in [3.63, 3.8) is 0 Å². The van der Waals surface area contributed by atoms with E-state index in [0.29, 0.717) is 5.76 Å². The number of nitrogens with one attached hydrogen (secondary N) is 1. The van der Waals surface area contributed by atoms with E-state index in [0.717, 1.165) is 0 Å². The van der Waals surface area contributed by atoms with Gasteiger partial charge in [0.05, 0.1) is 12.8 Å². The van der Waals surface area contributed by atoms with Crippen LogP contribution in [0.15, 0.2) is 22.8 Å². The van der Waals surface area contributed by atoms with Gasteiger partial charge >= 0.3 is 6.18 Å². The third-order valence-corrected chi connectivity index (χ3v) is 1.16. The molecule has 0 atom stereocenters. The lowest BCUT2D eigenvalue weighted by Crippen LogP contribution is -2.24. The topological polar surface area (TPSA) is 34.4 Å². The zero-order valence-electron chi connectivity index (χ0n) is 6.60. The van der Waals surface area contributed by atoms with E-state index in [9.17, 15) is 13.2 Å². The number of alkyl halides is 3. The summed E-state index contributed by atoms with van der Waals surface area (Å²) in [6.45, 7) is -1.20. The van der Waals surface area contributed by atoms with E-state index in [1.165, 1.54) is 6.26 Å². The molecule has 0 aliphatic heterocycles. The maximum Gasteiger partial charge on any atom is 0.413 e. The first-order valence-corrected chi connectivity index (χ1v) is 3.52. The van der Waals surface area contributed by atoms with E-state index in [4.69, 9.17) is 4.42 Å². The second kappa shape index (κ2) is 4.29. The summed E-state index contributed by atoms with van der Waals surface area (Å²) in [5.41, 5.74) is 2.13. The maximum absolute atomic E-state index is 11.5. The average molecular weight is 195 g/mol. The molecular formula is C7H8F3NO2. The van der Waals surface area contributed by atoms with Crippen LogP contribution in [0.5, 0.6) is 0 Å². The second-order valence-corrected chi connectivity index (χ2v) is 2.30. The van der Waals surface area contributed by atoms with E-state index in [1.807, 2.05) is 0 Å². The van der Waals surface area contributed by atoms with Gasteiger partial charge in [0.25, 0.3) is 0 Å². The zero-order valence-corrected chi connectivity index (χ0v) is 6.60. The maximum atomic E-state index is 11.5. The molecule has 0 aliphatic rings. The van der Waals surface area contributed by atoms with Gasteiger partial charge in [-0.2, -0.15) is 18.7 Å². The summed E-state index contributed by atoms with van der Waals surface area (Å²) < 4.78 is 39.4. The molecule has 0 bridgehead atoms. The molecule has 0 fully saturated rings. The SMILES string of the molecule is FC(F)(F)CONCc1ccco1. The van der Waals surface area contributed by atoms with Crippen LogP contribution >= 0.6 is 0 Å². The Labute approximate surface area is 72.4 Å². The fraction of sp³-hybridized carbons (Fsp3) is 0.429. The van der Waals surface area contributed by atoms with Gasteiger partial charge in [0, 0.05) is 0 Å². The van der Waals surface area contributed by atoms with Crippen molar-refractivity contribution in [3.8, 4) is 0 Å². The molecule has 1 aromatic rings. The molecule has 0 saturated heterocycles. The lowest BCUT2D eigenvalue weighted by molar-refractivity contribution is -0.190. The van der Waals surface area contributed by atoms with Crippen LogP contribution in [-0.4, -0.2) is 12.8 Å². The van der Waals surface area contributed by atoms with Crippen LogP contribution in [0.3, 0.4) is 0 Å². The quantitative estimate of drug-likeness (QED) is 0.588. The van der Waals surface area contributed by atoms with Crippen LogP contribution in [0, 0.1) is 0 Å². The molecule has 13 heavy (non-hydrogen) atoms. The van der Waals surface area contributed by atoms with Crippen molar-refractivity contribution < 1.29 is 22.4 Å². The summed E-state index contributed by atoms with van der Waals surface area (Å²) in [6.07, 6.45) is -2.88. The van der Waals surface area contributed by atoms with Crippen molar-refractivity contribution in [1.29, 1.82) is 0 Å². The largest absolute Gasteiger partial charge is 0.468 e. The molecule has 1 heterocycles. The van der Waals surface area contributed by atoms with Crippen LogP contribution in [-0.2, 0) is 11.4 Å². The molecule has 0 saturated carbocycles. The molecule has 0 aliphatic carbocycles. The fourth-order valence-corrected chi connectivity index (χ4v) is 0.668. The summed E-state index contributed by atoms with van der Waals surface area (Å²) in [5.74, 6) is 0.516. The van der Waals surface area contributed by atoms with Crippen molar-refractivity contribution >= 4 is 0 Å². The Hall–Kier alpha value is -1.01. The van der Waals surface area contributed by atoms with Gasteiger partial charge in [0.1, 0.15) is 5.76 Å². The number of hydrogen-bond acceptors (Lipinski definition) is 3. The number of hydroxylamine groups is 1. The Kier molecular flexibility index (Phi) is 3.32. The Bertz CT molecular complexity index is 232. The third-order valence-electron chi connectivity index (χ3n) is 1.16. The molecule has 1 rings (SSSR count). The summed E-state index contributed by atoms with van der Waals surface area (Å²) in [5, 5.41) is 0. The van der Waals surface area contributed by atoms with Crippen LogP contribution in [0.2, 0.25) is 0 Å². The molecule has 1 N–H and O–H groups in total. The fourth-order valence-electron chi connectivity index (χ4n) is 0.668. The smallest absolute Gasteiger partial charge is 0.413 e. The van der Waals surface area contributed by atoms with Crippen molar-refractivity contribution in [2.24, 2.45) is 0 Å². The standard InChI is InChI=1S/C7H8F3NO2/c8-7(9,10)5-13-11-4-6-2-1-3-12-6/h1-3,11H,4-5H2. The lowest BCUT2D eigenvalue weighted by Gasteiger charge is -2.06. The predicted octanol–water partition coefficient (Wildman–Crippen LogP) is 1.86. The Balaban J connectivity index is 2.09. The van der Waals surface area contributed by atoms with E-state index in [-0.39, 0.29) is 6.54 Å². The Morgan fingerprint density at radius 2 is 2.23 bits per heavy atom. The van der Waals surface area contributed by atoms with E-state index < -0.39 is 12.8 Å². The lowest BCUT2D eigenvalue weighted by atomic mass is 10.5. The molecule has 0 aromatic carbocycles. The molecule has 0 unspecified atom stereocenters. The molecule has 6 heteroatoms. The minimum Gasteiger partial charge on any atom is -0.468 e. The minimum atomic E-state index is -4.31. The van der Waals surface area contributed by atoms with Gasteiger partial charge in [0.15, 0.2) is 6.61 Å². The third kappa shape index (κ3) is 4.54. The first kappa shape index (κ1) is 10.1. The highest BCUT2D eigenvalue weighted by Gasteiger charge is 2.27. The first-order valence-electron chi connectivity index (χ1n) is 3.52. The summed E-state index contributed by atoms with van der Waals surface area (Å²) in [6, 6.07) is 3.27. The van der Waals surface area contributed by atoms with E-state index in [1.54, 1.807) is 12.1 Å². The Morgan fingerprint density at radius 3 is 2.77 bits per heavy atom. The predicted molar refractivity (Wildman–Crippen MR) is 37.6 cm³/mol. The average Bonchev–Trinajstić information content (AvgIpc) is 2.48. The number of rotatable bonds is 4. The molecular weight excluding hydrogens is 187 g/mol. The molecule has 1 aromatic heterocycles. The second-order valence-electron chi connectivity index (χ2n) is 2.30. The monoisotopic (exact) mass is 195 g/mol. The van der Waals surface area contributed by atoms with E-state index >= 15 is 0 Å². The molecule has 0 amide bonds. The molecule has 74 valence electrons.